The Bertz CT molecular complexity index is 1040. The van der Waals surface area contributed by atoms with Crippen LogP contribution in [0.5, 0.6) is 0 Å². The van der Waals surface area contributed by atoms with E-state index in [2.05, 4.69) is 35.0 Å². The van der Waals surface area contributed by atoms with Crippen LogP contribution in [-0.4, -0.2) is 62.6 Å². The molecule has 4 rings (SSSR count). The minimum absolute atomic E-state index is 0.715. The fourth-order valence-corrected chi connectivity index (χ4v) is 5.18. The molecule has 0 radical (unpaired) electrons. The van der Waals surface area contributed by atoms with Crippen LogP contribution >= 0.6 is 11.6 Å². The van der Waals surface area contributed by atoms with E-state index in [-0.39, 0.29) is 0 Å². The highest BCUT2D eigenvalue weighted by Crippen LogP contribution is 2.31. The van der Waals surface area contributed by atoms with E-state index in [0.29, 0.717) is 6.54 Å². The number of aryl methyl sites for hydroxylation is 1. The summed E-state index contributed by atoms with van der Waals surface area (Å²) in [5.41, 5.74) is 6.30. The molecule has 2 aromatic rings. The second-order valence-corrected chi connectivity index (χ2v) is 10.3. The topological polar surface area (TPSA) is 152 Å². The lowest BCUT2D eigenvalue weighted by Gasteiger charge is -2.21. The Labute approximate surface area is 228 Å². The molecule has 38 heavy (non-hydrogen) atoms. The molecule has 0 spiro atoms. The number of hydrogen-bond donors (Lipinski definition) is 6. The Balaban J connectivity index is 0.000000342. The van der Waals surface area contributed by atoms with E-state index in [1.807, 2.05) is 6.07 Å². The summed E-state index contributed by atoms with van der Waals surface area (Å²) in [6, 6.07) is 8.62. The lowest BCUT2D eigenvalue weighted by Crippen LogP contribution is -2.39. The van der Waals surface area contributed by atoms with Crippen molar-refractivity contribution in [3.05, 3.63) is 57.9 Å². The van der Waals surface area contributed by atoms with Crippen molar-refractivity contribution in [3.8, 4) is 0 Å². The van der Waals surface area contributed by atoms with Crippen LogP contribution in [0.2, 0.25) is 5.02 Å². The minimum Gasteiger partial charge on any atom is -0.479 e. The van der Waals surface area contributed by atoms with Gasteiger partial charge in [-0.15, -0.1) is 0 Å². The normalized spacial score (nSPS) is 17.2. The maximum atomic E-state index is 9.77. The number of aliphatic hydroxyl groups excluding tert-OH is 2. The van der Waals surface area contributed by atoms with Gasteiger partial charge in [-0.05, 0) is 73.5 Å². The molecule has 1 fully saturated rings. The lowest BCUT2D eigenvalue weighted by molar-refractivity contribution is -0.165. The molecule has 0 bridgehead atoms. The molecule has 1 aromatic heterocycles. The first-order valence-electron chi connectivity index (χ1n) is 13.3. The number of aromatic nitrogens is 1. The molecule has 2 heterocycles. The molecule has 1 aliphatic carbocycles. The first-order valence-corrected chi connectivity index (χ1v) is 13.6. The summed E-state index contributed by atoms with van der Waals surface area (Å²) in [6.45, 7) is 2.76. The van der Waals surface area contributed by atoms with E-state index >= 15 is 0 Å². The number of nitrogens with one attached hydrogen (secondary N) is 2. The summed E-state index contributed by atoms with van der Waals surface area (Å²) < 4.78 is 0. The predicted octanol–water partition coefficient (Wildman–Crippen LogP) is 3.43. The predicted molar refractivity (Wildman–Crippen MR) is 145 cm³/mol. The van der Waals surface area contributed by atoms with Crippen molar-refractivity contribution in [2.45, 2.75) is 76.5 Å². The number of carboxylic acid groups (broad SMARTS) is 2. The van der Waals surface area contributed by atoms with Crippen LogP contribution in [0.25, 0.3) is 0 Å². The van der Waals surface area contributed by atoms with E-state index in [1.54, 1.807) is 0 Å². The Morgan fingerprint density at radius 2 is 1.68 bits per heavy atom. The molecule has 9 nitrogen and oxygen atoms in total. The molecule has 0 unspecified atom stereocenters. The summed E-state index contributed by atoms with van der Waals surface area (Å²) in [5.74, 6) is -2.61. The standard InChI is InChI=1S/C24H32ClN3.C4H6O6/c25-23-11-9-20-12-14-26-15-13-22(20)24(23)28-17-21-10-8-19(16-27-21)7-6-18-4-2-1-3-5-18;5-1(3(7)8)2(6)4(9)10/h8-11,16,18,26,28H,1-7,12-15,17H2;1-2,5-6H,(H,7,8)(H,9,10)/t;1-,2-/m.1/s1. The third-order valence-corrected chi connectivity index (χ3v) is 7.50. The summed E-state index contributed by atoms with van der Waals surface area (Å²) in [7, 11) is 0. The van der Waals surface area contributed by atoms with Gasteiger partial charge in [-0.2, -0.15) is 0 Å². The van der Waals surface area contributed by atoms with Crippen LogP contribution in [0.15, 0.2) is 30.5 Å². The molecule has 208 valence electrons. The van der Waals surface area contributed by atoms with Crippen LogP contribution in [0.4, 0.5) is 5.69 Å². The molecule has 0 amide bonds. The van der Waals surface area contributed by atoms with Crippen LogP contribution in [0.3, 0.4) is 0 Å². The number of aliphatic carboxylic acids is 2. The Kier molecular flexibility index (Phi) is 11.8. The van der Waals surface area contributed by atoms with Gasteiger partial charge in [0, 0.05) is 6.20 Å². The van der Waals surface area contributed by atoms with E-state index in [4.69, 9.17) is 37.0 Å². The molecule has 0 saturated heterocycles. The number of aliphatic hydroxyl groups is 2. The zero-order chi connectivity index (χ0) is 27.5. The van der Waals surface area contributed by atoms with Gasteiger partial charge in [0.2, 0.25) is 0 Å². The van der Waals surface area contributed by atoms with Crippen molar-refractivity contribution in [1.82, 2.24) is 10.3 Å². The SMILES string of the molecule is Clc1ccc2c(c1NCc1ccc(CCC3CCCCC3)cn1)CCNCC2.O=C(O)[C@H](O)[C@@H](O)C(=O)O. The second-order valence-electron chi connectivity index (χ2n) is 9.93. The smallest absolute Gasteiger partial charge is 0.335 e. The highest BCUT2D eigenvalue weighted by molar-refractivity contribution is 6.33. The number of hydrogen-bond acceptors (Lipinski definition) is 7. The van der Waals surface area contributed by atoms with Crippen molar-refractivity contribution < 1.29 is 30.0 Å². The van der Waals surface area contributed by atoms with Gasteiger partial charge >= 0.3 is 11.9 Å². The van der Waals surface area contributed by atoms with E-state index < -0.39 is 24.1 Å². The lowest BCUT2D eigenvalue weighted by atomic mass is 9.85. The van der Waals surface area contributed by atoms with Crippen molar-refractivity contribution in [3.63, 3.8) is 0 Å². The number of anilines is 1. The van der Waals surface area contributed by atoms with Crippen molar-refractivity contribution in [2.24, 2.45) is 5.92 Å². The number of fused-ring (bicyclic) bond motifs is 1. The third kappa shape index (κ3) is 8.94. The highest BCUT2D eigenvalue weighted by Gasteiger charge is 2.29. The summed E-state index contributed by atoms with van der Waals surface area (Å²) in [6.07, 6.45) is 9.23. The number of carbonyl (C=O) groups is 2. The van der Waals surface area contributed by atoms with Crippen molar-refractivity contribution in [1.29, 1.82) is 0 Å². The summed E-state index contributed by atoms with van der Waals surface area (Å²) in [5, 5.41) is 40.4. The molecule has 2 atom stereocenters. The third-order valence-electron chi connectivity index (χ3n) is 7.19. The quantitative estimate of drug-likeness (QED) is 0.277. The molecular formula is C28H38ClN3O6. The first kappa shape index (κ1) is 29.8. The average molecular weight is 548 g/mol. The molecule has 2 aliphatic rings. The van der Waals surface area contributed by atoms with E-state index in [1.165, 1.54) is 55.2 Å². The van der Waals surface area contributed by atoms with Gasteiger partial charge in [0.1, 0.15) is 0 Å². The zero-order valence-corrected chi connectivity index (χ0v) is 22.3. The minimum atomic E-state index is -2.27. The average Bonchev–Trinajstić information content (AvgIpc) is 3.18. The summed E-state index contributed by atoms with van der Waals surface area (Å²) in [4.78, 5) is 24.2. The van der Waals surface area contributed by atoms with Crippen molar-refractivity contribution in [2.75, 3.05) is 18.4 Å². The Morgan fingerprint density at radius 1 is 1.00 bits per heavy atom. The second kappa shape index (κ2) is 15.0. The number of carboxylic acids is 2. The number of pyridine rings is 1. The van der Waals surface area contributed by atoms with Crippen LogP contribution in [0.1, 0.15) is 60.9 Å². The molecule has 1 aromatic carbocycles. The maximum Gasteiger partial charge on any atom is 0.335 e. The number of halogens is 1. The maximum absolute atomic E-state index is 9.77. The van der Waals surface area contributed by atoms with Crippen molar-refractivity contribution >= 4 is 29.2 Å². The molecule has 1 saturated carbocycles. The van der Waals surface area contributed by atoms with Gasteiger partial charge < -0.3 is 31.1 Å². The zero-order valence-electron chi connectivity index (χ0n) is 21.5. The molecule has 6 N–H and O–H groups in total. The van der Waals surface area contributed by atoms with Crippen LogP contribution in [0, 0.1) is 5.92 Å². The van der Waals surface area contributed by atoms with E-state index in [9.17, 15) is 9.59 Å². The molecule has 10 heteroatoms. The Hall–Kier alpha value is -2.72. The van der Waals surface area contributed by atoms with Gasteiger partial charge in [0.25, 0.3) is 0 Å². The summed E-state index contributed by atoms with van der Waals surface area (Å²) >= 11 is 6.52. The van der Waals surface area contributed by atoms with Gasteiger partial charge in [0.15, 0.2) is 12.2 Å². The largest absolute Gasteiger partial charge is 0.479 e. The highest BCUT2D eigenvalue weighted by atomic mass is 35.5. The number of rotatable bonds is 9. The van der Waals surface area contributed by atoms with Gasteiger partial charge in [0.05, 0.1) is 22.9 Å². The fraction of sp³-hybridized carbons (Fsp3) is 0.536. The monoisotopic (exact) mass is 547 g/mol. The van der Waals surface area contributed by atoms with Gasteiger partial charge in [-0.1, -0.05) is 55.8 Å². The fourth-order valence-electron chi connectivity index (χ4n) is 4.94. The van der Waals surface area contributed by atoms with Crippen LogP contribution < -0.4 is 10.6 Å². The van der Waals surface area contributed by atoms with Gasteiger partial charge in [-0.25, -0.2) is 9.59 Å². The number of benzene rings is 1. The number of nitrogens with zero attached hydrogens (tertiary/aromatic N) is 1. The Morgan fingerprint density at radius 3 is 2.32 bits per heavy atom. The first-order chi connectivity index (χ1) is 18.3. The van der Waals surface area contributed by atoms with Crippen LogP contribution in [-0.2, 0) is 35.4 Å². The van der Waals surface area contributed by atoms with E-state index in [0.717, 1.165) is 54.7 Å². The van der Waals surface area contributed by atoms with Gasteiger partial charge in [-0.3, -0.25) is 4.98 Å². The molecular weight excluding hydrogens is 510 g/mol. The molecule has 1 aliphatic heterocycles.